The first-order valence-corrected chi connectivity index (χ1v) is 18.8. The molecule has 6 N–H and O–H groups in total. The summed E-state index contributed by atoms with van der Waals surface area (Å²) in [6, 6.07) is 26.2. The molecule has 11 nitrogen and oxygen atoms in total. The van der Waals surface area contributed by atoms with Gasteiger partial charge in [-0.15, -0.1) is 0 Å². The second-order valence-electron chi connectivity index (χ2n) is 14.7. The molecule has 0 saturated carbocycles. The van der Waals surface area contributed by atoms with Crippen molar-refractivity contribution >= 4 is 23.6 Å². The molecule has 6 rings (SSSR count). The fourth-order valence-corrected chi connectivity index (χ4v) is 8.19. The van der Waals surface area contributed by atoms with E-state index in [1.54, 1.807) is 4.90 Å². The summed E-state index contributed by atoms with van der Waals surface area (Å²) in [5, 5.41) is 5.82. The molecule has 3 heterocycles. The molecule has 11 heteroatoms. The topological polar surface area (TPSA) is 154 Å². The average molecular weight is 708 g/mol. The Morgan fingerprint density at radius 2 is 1.40 bits per heavy atom. The van der Waals surface area contributed by atoms with E-state index in [0.717, 1.165) is 43.5 Å². The fraction of sp³-hybridized carbons (Fsp3) is 0.463. The molecule has 3 aromatic rings. The molecule has 276 valence electrons. The van der Waals surface area contributed by atoms with Gasteiger partial charge in [-0.25, -0.2) is 0 Å². The molecule has 0 spiro atoms. The molecule has 0 radical (unpaired) electrons. The summed E-state index contributed by atoms with van der Waals surface area (Å²) in [6.07, 6.45) is 3.84. The van der Waals surface area contributed by atoms with Crippen LogP contribution >= 0.6 is 0 Å². The third-order valence-corrected chi connectivity index (χ3v) is 10.9. The highest BCUT2D eigenvalue weighted by molar-refractivity contribution is 5.96. The number of nitrogens with zero attached hydrogens (tertiary/aromatic N) is 3. The van der Waals surface area contributed by atoms with Crippen LogP contribution in [0.1, 0.15) is 55.7 Å². The number of unbranched alkanes of at least 4 members (excludes halogenated alkanes) is 1. The number of fused-ring (bicyclic) bond motifs is 2. The zero-order valence-corrected chi connectivity index (χ0v) is 30.1. The maximum Gasteiger partial charge on any atom is 0.246 e. The molecule has 3 aliphatic rings. The normalized spacial score (nSPS) is 23.0. The molecule has 3 saturated heterocycles. The summed E-state index contributed by atoms with van der Waals surface area (Å²) < 4.78 is 0. The minimum atomic E-state index is -0.949. The predicted octanol–water partition coefficient (Wildman–Crippen LogP) is 2.37. The Balaban J connectivity index is 1.12. The molecular weight excluding hydrogens is 654 g/mol. The van der Waals surface area contributed by atoms with Crippen molar-refractivity contribution in [3.8, 4) is 0 Å². The average Bonchev–Trinajstić information content (AvgIpc) is 3.83. The number of hydrogen-bond acceptors (Lipinski definition) is 7. The van der Waals surface area contributed by atoms with Crippen molar-refractivity contribution in [3.63, 3.8) is 0 Å². The maximum atomic E-state index is 14.4. The van der Waals surface area contributed by atoms with E-state index in [-0.39, 0.29) is 36.4 Å². The number of carbonyl (C=O) groups excluding carboxylic acids is 4. The van der Waals surface area contributed by atoms with E-state index in [9.17, 15) is 19.2 Å². The summed E-state index contributed by atoms with van der Waals surface area (Å²) in [6.45, 7) is 4.77. The Kier molecular flexibility index (Phi) is 12.4. The molecule has 2 bridgehead atoms. The molecule has 52 heavy (non-hydrogen) atoms. The van der Waals surface area contributed by atoms with E-state index >= 15 is 0 Å². The lowest BCUT2D eigenvalue weighted by atomic mass is 10.0. The second kappa shape index (κ2) is 17.3. The van der Waals surface area contributed by atoms with Crippen LogP contribution in [0.2, 0.25) is 0 Å². The van der Waals surface area contributed by atoms with Gasteiger partial charge in [0, 0.05) is 44.2 Å². The van der Waals surface area contributed by atoms with Crippen molar-refractivity contribution in [2.24, 2.45) is 11.5 Å². The minimum Gasteiger partial charge on any atom is -0.343 e. The van der Waals surface area contributed by atoms with Crippen LogP contribution in [0.4, 0.5) is 0 Å². The van der Waals surface area contributed by atoms with Crippen LogP contribution in [0, 0.1) is 0 Å². The third kappa shape index (κ3) is 8.89. The van der Waals surface area contributed by atoms with Gasteiger partial charge in [0.2, 0.25) is 23.6 Å². The van der Waals surface area contributed by atoms with Crippen LogP contribution in [0.25, 0.3) is 0 Å². The van der Waals surface area contributed by atoms with Gasteiger partial charge in [-0.05, 0) is 68.7 Å². The van der Waals surface area contributed by atoms with Crippen molar-refractivity contribution in [2.45, 2.75) is 101 Å². The summed E-state index contributed by atoms with van der Waals surface area (Å²) in [7, 11) is 0. The van der Waals surface area contributed by atoms with Gasteiger partial charge in [0.05, 0.1) is 6.04 Å². The molecule has 0 aliphatic carbocycles. The Morgan fingerprint density at radius 1 is 0.788 bits per heavy atom. The van der Waals surface area contributed by atoms with Crippen molar-refractivity contribution in [1.82, 2.24) is 25.3 Å². The van der Waals surface area contributed by atoms with E-state index in [1.807, 2.05) is 78.6 Å². The van der Waals surface area contributed by atoms with Gasteiger partial charge in [0.25, 0.3) is 0 Å². The Hall–Kier alpha value is -4.58. The SMILES string of the molecule is CC1CC(NC(=O)C(Cc2ccccc2)NC(=O)C(N)Cc2ccccc2)C(=O)N1C(CCCCN)C(=O)N1CC2CC1CN2Cc1ccccc1. The molecule has 7 atom stereocenters. The first kappa shape index (κ1) is 37.2. The van der Waals surface area contributed by atoms with Gasteiger partial charge in [-0.1, -0.05) is 91.0 Å². The van der Waals surface area contributed by atoms with Crippen LogP contribution in [0.5, 0.6) is 0 Å². The first-order valence-electron chi connectivity index (χ1n) is 18.8. The van der Waals surface area contributed by atoms with Crippen molar-refractivity contribution in [1.29, 1.82) is 0 Å². The summed E-state index contributed by atoms with van der Waals surface area (Å²) in [4.78, 5) is 61.9. The van der Waals surface area contributed by atoms with E-state index in [4.69, 9.17) is 11.5 Å². The van der Waals surface area contributed by atoms with Gasteiger partial charge in [-0.2, -0.15) is 0 Å². The lowest BCUT2D eigenvalue weighted by Gasteiger charge is -2.39. The van der Waals surface area contributed by atoms with Gasteiger partial charge >= 0.3 is 0 Å². The number of carbonyl (C=O) groups is 4. The Bertz CT molecular complexity index is 1660. The van der Waals surface area contributed by atoms with Crippen LogP contribution in [0.15, 0.2) is 91.0 Å². The Labute approximate surface area is 307 Å². The molecule has 3 fully saturated rings. The van der Waals surface area contributed by atoms with E-state index < -0.39 is 36.0 Å². The van der Waals surface area contributed by atoms with E-state index in [0.29, 0.717) is 32.4 Å². The van der Waals surface area contributed by atoms with Gasteiger partial charge < -0.3 is 31.9 Å². The zero-order valence-electron chi connectivity index (χ0n) is 30.1. The molecule has 0 aromatic heterocycles. The molecular formula is C41H53N7O4. The van der Waals surface area contributed by atoms with Crippen molar-refractivity contribution < 1.29 is 19.2 Å². The summed E-state index contributed by atoms with van der Waals surface area (Å²) >= 11 is 0. The third-order valence-electron chi connectivity index (χ3n) is 10.9. The number of hydrogen-bond donors (Lipinski definition) is 4. The number of nitrogens with one attached hydrogen (secondary N) is 2. The number of nitrogens with two attached hydrogens (primary N) is 2. The van der Waals surface area contributed by atoms with Gasteiger partial charge in [0.15, 0.2) is 0 Å². The summed E-state index contributed by atoms with van der Waals surface area (Å²) in [5.41, 5.74) is 15.2. The second-order valence-corrected chi connectivity index (χ2v) is 14.7. The zero-order chi connectivity index (χ0) is 36.6. The van der Waals surface area contributed by atoms with E-state index in [1.165, 1.54) is 5.56 Å². The van der Waals surface area contributed by atoms with Crippen molar-refractivity contribution in [3.05, 3.63) is 108 Å². The smallest absolute Gasteiger partial charge is 0.246 e. The van der Waals surface area contributed by atoms with E-state index in [2.05, 4.69) is 39.8 Å². The van der Waals surface area contributed by atoms with Crippen LogP contribution in [-0.2, 0) is 38.6 Å². The molecule has 3 aromatic carbocycles. The highest BCUT2D eigenvalue weighted by atomic mass is 16.2. The number of rotatable bonds is 16. The first-order chi connectivity index (χ1) is 25.2. The number of benzene rings is 3. The molecule has 3 aliphatic heterocycles. The quantitative estimate of drug-likeness (QED) is 0.167. The largest absolute Gasteiger partial charge is 0.343 e. The minimum absolute atomic E-state index is 0.0160. The number of piperazine rings is 1. The highest BCUT2D eigenvalue weighted by Gasteiger charge is 2.50. The predicted molar refractivity (Wildman–Crippen MR) is 201 cm³/mol. The monoisotopic (exact) mass is 707 g/mol. The fourth-order valence-electron chi connectivity index (χ4n) is 8.19. The number of amides is 4. The van der Waals surface area contributed by atoms with Crippen LogP contribution < -0.4 is 22.1 Å². The highest BCUT2D eigenvalue weighted by Crippen LogP contribution is 2.34. The lowest BCUT2D eigenvalue weighted by molar-refractivity contribution is -0.147. The molecule has 7 unspecified atom stereocenters. The summed E-state index contributed by atoms with van der Waals surface area (Å²) in [5.74, 6) is -1.19. The van der Waals surface area contributed by atoms with Gasteiger partial charge in [-0.3, -0.25) is 24.1 Å². The van der Waals surface area contributed by atoms with Crippen LogP contribution in [0.3, 0.4) is 0 Å². The number of likely N-dealkylation sites (tertiary alicyclic amines) is 3. The van der Waals surface area contributed by atoms with Gasteiger partial charge in [0.1, 0.15) is 18.1 Å². The standard InChI is InChI=1S/C41H53N7O4/c1-28-21-36(45-39(50)35(23-30-15-7-3-8-16-30)44-38(49)34(43)22-29-13-5-2-6-14-29)40(51)48(28)37(19-11-12-20-42)41(52)47-27-32-24-33(47)26-46(32)25-31-17-9-4-10-18-31/h2-10,13-18,28,32-37H,11-12,19-27,42-43H2,1H3,(H,44,49)(H,45,50). The van der Waals surface area contributed by atoms with Crippen molar-refractivity contribution in [2.75, 3.05) is 19.6 Å². The van der Waals surface area contributed by atoms with Crippen LogP contribution in [-0.4, -0.2) is 100 Å². The lowest BCUT2D eigenvalue weighted by Crippen LogP contribution is -2.58. The Morgan fingerprint density at radius 3 is 2.00 bits per heavy atom. The maximum absolute atomic E-state index is 14.4. The molecule has 4 amide bonds.